The number of rotatable bonds is 4. The fourth-order valence-corrected chi connectivity index (χ4v) is 3.39. The molecule has 0 bridgehead atoms. The highest BCUT2D eigenvalue weighted by Crippen LogP contribution is 2.38. The molecule has 3 aromatic rings. The summed E-state index contributed by atoms with van der Waals surface area (Å²) in [6, 6.07) is 7.86. The van der Waals surface area contributed by atoms with E-state index in [1.54, 1.807) is 18.5 Å². The number of ether oxygens (including phenoxy) is 1. The number of nitrogens with zero attached hydrogens (tertiary/aromatic N) is 3. The standard InChI is InChI=1S/C22H27N3O3/c1-12-8-9-15(16(10-12)28-7)20-19(13(2)21(26)27)14(3)23-18-11-17(22(4,5)6)24-25(18)20/h8-11,13H,1-7H3,(H,26,27). The Kier molecular flexibility index (Phi) is 4.91. The molecule has 0 radical (unpaired) electrons. The van der Waals surface area contributed by atoms with E-state index in [0.29, 0.717) is 28.3 Å². The monoisotopic (exact) mass is 381 g/mol. The van der Waals surface area contributed by atoms with Crippen molar-refractivity contribution in [1.82, 2.24) is 14.6 Å². The van der Waals surface area contributed by atoms with Gasteiger partial charge in [0, 0.05) is 28.3 Å². The quantitative estimate of drug-likeness (QED) is 0.720. The van der Waals surface area contributed by atoms with Crippen LogP contribution in [0.3, 0.4) is 0 Å². The van der Waals surface area contributed by atoms with Crippen LogP contribution in [0.2, 0.25) is 0 Å². The van der Waals surface area contributed by atoms with E-state index in [-0.39, 0.29) is 5.41 Å². The van der Waals surface area contributed by atoms with Gasteiger partial charge >= 0.3 is 5.97 Å². The van der Waals surface area contributed by atoms with Gasteiger partial charge in [-0.05, 0) is 38.5 Å². The van der Waals surface area contributed by atoms with Crippen LogP contribution < -0.4 is 4.74 Å². The van der Waals surface area contributed by atoms with E-state index in [1.807, 2.05) is 38.1 Å². The highest BCUT2D eigenvalue weighted by molar-refractivity contribution is 5.82. The predicted octanol–water partition coefficient (Wildman–Crippen LogP) is 4.51. The van der Waals surface area contributed by atoms with Crippen molar-refractivity contribution < 1.29 is 14.6 Å². The first-order valence-electron chi connectivity index (χ1n) is 9.33. The summed E-state index contributed by atoms with van der Waals surface area (Å²) >= 11 is 0. The van der Waals surface area contributed by atoms with Crippen molar-refractivity contribution in [3.05, 3.63) is 46.8 Å². The molecule has 2 heterocycles. The molecule has 0 aliphatic rings. The molecule has 1 atom stereocenters. The van der Waals surface area contributed by atoms with Gasteiger partial charge in [0.1, 0.15) is 5.75 Å². The highest BCUT2D eigenvalue weighted by atomic mass is 16.5. The van der Waals surface area contributed by atoms with E-state index in [0.717, 1.165) is 16.8 Å². The van der Waals surface area contributed by atoms with Crippen LogP contribution in [0.5, 0.6) is 5.75 Å². The van der Waals surface area contributed by atoms with Crippen LogP contribution in [0.25, 0.3) is 16.9 Å². The molecule has 0 saturated heterocycles. The lowest BCUT2D eigenvalue weighted by molar-refractivity contribution is -0.138. The minimum Gasteiger partial charge on any atom is -0.496 e. The van der Waals surface area contributed by atoms with Crippen molar-refractivity contribution in [2.75, 3.05) is 7.11 Å². The van der Waals surface area contributed by atoms with Crippen molar-refractivity contribution in [2.24, 2.45) is 0 Å². The first-order chi connectivity index (χ1) is 13.0. The van der Waals surface area contributed by atoms with Crippen LogP contribution in [-0.4, -0.2) is 32.8 Å². The lowest BCUT2D eigenvalue weighted by atomic mass is 9.92. The summed E-state index contributed by atoms with van der Waals surface area (Å²) in [5, 5.41) is 14.5. The molecule has 148 valence electrons. The lowest BCUT2D eigenvalue weighted by Crippen LogP contribution is -2.15. The van der Waals surface area contributed by atoms with Gasteiger partial charge in [-0.1, -0.05) is 26.8 Å². The van der Waals surface area contributed by atoms with E-state index < -0.39 is 11.9 Å². The van der Waals surface area contributed by atoms with Crippen molar-refractivity contribution in [3.63, 3.8) is 0 Å². The van der Waals surface area contributed by atoms with Crippen LogP contribution >= 0.6 is 0 Å². The second-order valence-corrected chi connectivity index (χ2v) is 8.27. The highest BCUT2D eigenvalue weighted by Gasteiger charge is 2.28. The Morgan fingerprint density at radius 3 is 2.46 bits per heavy atom. The first kappa shape index (κ1) is 19.9. The van der Waals surface area contributed by atoms with Gasteiger partial charge in [0.15, 0.2) is 5.65 Å². The Labute approximate surface area is 165 Å². The molecule has 1 unspecified atom stereocenters. The number of benzene rings is 1. The van der Waals surface area contributed by atoms with Crippen LogP contribution in [0.4, 0.5) is 0 Å². The molecule has 6 nitrogen and oxygen atoms in total. The lowest BCUT2D eigenvalue weighted by Gasteiger charge is -2.19. The molecule has 1 aromatic carbocycles. The zero-order valence-electron chi connectivity index (χ0n) is 17.5. The third-order valence-corrected chi connectivity index (χ3v) is 5.01. The Bertz CT molecular complexity index is 1060. The van der Waals surface area contributed by atoms with E-state index in [4.69, 9.17) is 9.84 Å². The zero-order chi connectivity index (χ0) is 20.8. The van der Waals surface area contributed by atoms with Crippen molar-refractivity contribution >= 4 is 11.6 Å². The fraction of sp³-hybridized carbons (Fsp3) is 0.409. The largest absolute Gasteiger partial charge is 0.496 e. The molecule has 28 heavy (non-hydrogen) atoms. The number of aliphatic carboxylic acids is 1. The molecule has 6 heteroatoms. The van der Waals surface area contributed by atoms with Gasteiger partial charge in [-0.3, -0.25) is 4.79 Å². The number of carboxylic acids is 1. The summed E-state index contributed by atoms with van der Waals surface area (Å²) in [5.74, 6) is -0.960. The molecule has 1 N–H and O–H groups in total. The summed E-state index contributed by atoms with van der Waals surface area (Å²) in [5.41, 5.74) is 5.33. The molecule has 0 aliphatic heterocycles. The third-order valence-electron chi connectivity index (χ3n) is 5.01. The second-order valence-electron chi connectivity index (χ2n) is 8.27. The van der Waals surface area contributed by atoms with Gasteiger partial charge in [-0.2, -0.15) is 5.10 Å². The van der Waals surface area contributed by atoms with Crippen LogP contribution in [-0.2, 0) is 10.2 Å². The normalized spacial score (nSPS) is 13.0. The van der Waals surface area contributed by atoms with Crippen molar-refractivity contribution in [2.45, 2.75) is 52.9 Å². The zero-order valence-corrected chi connectivity index (χ0v) is 17.5. The van der Waals surface area contributed by atoms with Gasteiger partial charge in [0.25, 0.3) is 0 Å². The number of carbonyl (C=O) groups is 1. The summed E-state index contributed by atoms with van der Waals surface area (Å²) < 4.78 is 7.39. The average molecular weight is 381 g/mol. The molecule has 0 fully saturated rings. The molecular formula is C22H27N3O3. The van der Waals surface area contributed by atoms with E-state index in [9.17, 15) is 9.90 Å². The predicted molar refractivity (Wildman–Crippen MR) is 109 cm³/mol. The van der Waals surface area contributed by atoms with E-state index in [2.05, 4.69) is 25.8 Å². The number of aryl methyl sites for hydroxylation is 2. The third kappa shape index (κ3) is 3.35. The Morgan fingerprint density at radius 1 is 1.21 bits per heavy atom. The Balaban J connectivity index is 2.47. The molecule has 0 saturated carbocycles. The number of carboxylic acid groups (broad SMARTS) is 1. The smallest absolute Gasteiger partial charge is 0.310 e. The SMILES string of the molecule is COc1cc(C)ccc1-c1c(C(C)C(=O)O)c(C)nc2cc(C(C)(C)C)nn12. The van der Waals surface area contributed by atoms with Gasteiger partial charge in [0.2, 0.25) is 0 Å². The van der Waals surface area contributed by atoms with Crippen LogP contribution in [0.15, 0.2) is 24.3 Å². The number of hydrogen-bond acceptors (Lipinski definition) is 4. The first-order valence-corrected chi connectivity index (χ1v) is 9.33. The van der Waals surface area contributed by atoms with Crippen molar-refractivity contribution in [3.8, 4) is 17.0 Å². The maximum Gasteiger partial charge on any atom is 0.310 e. The molecule has 2 aromatic heterocycles. The number of aromatic nitrogens is 3. The second kappa shape index (κ2) is 6.93. The van der Waals surface area contributed by atoms with Crippen molar-refractivity contribution in [1.29, 1.82) is 0 Å². The number of fused-ring (bicyclic) bond motifs is 1. The summed E-state index contributed by atoms with van der Waals surface area (Å²) in [6.07, 6.45) is 0. The van der Waals surface area contributed by atoms with Gasteiger partial charge in [-0.15, -0.1) is 0 Å². The van der Waals surface area contributed by atoms with E-state index in [1.165, 1.54) is 0 Å². The summed E-state index contributed by atoms with van der Waals surface area (Å²) in [6.45, 7) is 11.8. The molecular weight excluding hydrogens is 354 g/mol. The van der Waals surface area contributed by atoms with Crippen LogP contribution in [0, 0.1) is 13.8 Å². The number of hydrogen-bond donors (Lipinski definition) is 1. The Morgan fingerprint density at radius 2 is 1.89 bits per heavy atom. The summed E-state index contributed by atoms with van der Waals surface area (Å²) in [7, 11) is 1.62. The topological polar surface area (TPSA) is 76.7 Å². The average Bonchev–Trinajstić information content (AvgIpc) is 3.04. The maximum absolute atomic E-state index is 11.9. The minimum absolute atomic E-state index is 0.158. The summed E-state index contributed by atoms with van der Waals surface area (Å²) in [4.78, 5) is 16.5. The van der Waals surface area contributed by atoms with Gasteiger partial charge < -0.3 is 9.84 Å². The Hall–Kier alpha value is -2.89. The van der Waals surface area contributed by atoms with Crippen LogP contribution in [0.1, 0.15) is 56.1 Å². The molecule has 0 amide bonds. The number of methoxy groups -OCH3 is 1. The molecule has 0 aliphatic carbocycles. The maximum atomic E-state index is 11.9. The van der Waals surface area contributed by atoms with E-state index >= 15 is 0 Å². The minimum atomic E-state index is -0.903. The van der Waals surface area contributed by atoms with Gasteiger partial charge in [-0.25, -0.2) is 9.50 Å². The van der Waals surface area contributed by atoms with Gasteiger partial charge in [0.05, 0.1) is 24.4 Å². The molecule has 0 spiro atoms. The molecule has 3 rings (SSSR count). The fourth-order valence-electron chi connectivity index (χ4n) is 3.39.